The van der Waals surface area contributed by atoms with Crippen LogP contribution in [0.2, 0.25) is 0 Å². The van der Waals surface area contributed by atoms with E-state index in [-0.39, 0.29) is 11.8 Å². The Balaban J connectivity index is 1.62. The lowest BCUT2D eigenvalue weighted by molar-refractivity contribution is 0.0705. The maximum atomic E-state index is 12.8. The van der Waals surface area contributed by atoms with Gasteiger partial charge >= 0.3 is 0 Å². The van der Waals surface area contributed by atoms with Crippen LogP contribution in [0.5, 0.6) is 0 Å². The standard InChI is InChI=1S/C20H23N5O/c1-23(2)19-18-8-5-10-24(18)14-17(22-19)16-7-4-11-25(13-16)20(26)15-6-3-9-21-12-15/h3,5-6,8-10,12,14,16H,4,7,11,13H2,1-2H3/t16-/m1/s1. The third-order valence-corrected chi connectivity index (χ3v) is 4.97. The molecule has 1 aliphatic rings. The lowest BCUT2D eigenvalue weighted by Crippen LogP contribution is -2.39. The van der Waals surface area contributed by atoms with Crippen LogP contribution in [0.4, 0.5) is 5.82 Å². The van der Waals surface area contributed by atoms with Crippen LogP contribution in [-0.4, -0.2) is 52.4 Å². The highest BCUT2D eigenvalue weighted by molar-refractivity contribution is 5.94. The number of piperidine rings is 1. The lowest BCUT2D eigenvalue weighted by Gasteiger charge is -2.33. The topological polar surface area (TPSA) is 53.7 Å². The SMILES string of the molecule is CN(C)c1nc([C@@H]2CCCN(C(=O)c3cccnc3)C2)cn2cccc12. The first-order chi connectivity index (χ1) is 12.6. The van der Waals surface area contributed by atoms with E-state index in [0.717, 1.165) is 36.4 Å². The van der Waals surface area contributed by atoms with E-state index in [4.69, 9.17) is 4.98 Å². The number of hydrogen-bond donors (Lipinski definition) is 0. The number of anilines is 1. The number of amides is 1. The highest BCUT2D eigenvalue weighted by Gasteiger charge is 2.27. The van der Waals surface area contributed by atoms with Gasteiger partial charge in [0.05, 0.1) is 16.8 Å². The molecule has 0 N–H and O–H groups in total. The number of likely N-dealkylation sites (tertiary alicyclic amines) is 1. The minimum Gasteiger partial charge on any atom is -0.361 e. The van der Waals surface area contributed by atoms with E-state index in [1.807, 2.05) is 36.0 Å². The summed E-state index contributed by atoms with van der Waals surface area (Å²) in [6.07, 6.45) is 9.51. The third-order valence-electron chi connectivity index (χ3n) is 4.97. The summed E-state index contributed by atoms with van der Waals surface area (Å²) in [7, 11) is 4.02. The second-order valence-corrected chi connectivity index (χ2v) is 7.02. The van der Waals surface area contributed by atoms with Crippen molar-refractivity contribution in [2.75, 3.05) is 32.1 Å². The summed E-state index contributed by atoms with van der Waals surface area (Å²) < 4.78 is 2.12. The van der Waals surface area contributed by atoms with E-state index in [0.29, 0.717) is 12.1 Å². The van der Waals surface area contributed by atoms with Gasteiger partial charge in [-0.05, 0) is 37.1 Å². The highest BCUT2D eigenvalue weighted by Crippen LogP contribution is 2.29. The summed E-state index contributed by atoms with van der Waals surface area (Å²) in [4.78, 5) is 25.7. The molecule has 0 saturated carbocycles. The van der Waals surface area contributed by atoms with Gasteiger partial charge in [-0.15, -0.1) is 0 Å². The molecule has 3 aromatic rings. The van der Waals surface area contributed by atoms with Gasteiger partial charge in [0.25, 0.3) is 5.91 Å². The molecule has 26 heavy (non-hydrogen) atoms. The molecule has 4 heterocycles. The molecule has 0 bridgehead atoms. The van der Waals surface area contributed by atoms with Crippen molar-refractivity contribution in [3.63, 3.8) is 0 Å². The fraction of sp³-hybridized carbons (Fsp3) is 0.350. The second kappa shape index (κ2) is 6.78. The van der Waals surface area contributed by atoms with E-state index in [1.165, 1.54) is 0 Å². The molecule has 0 spiro atoms. The van der Waals surface area contributed by atoms with Crippen molar-refractivity contribution in [2.24, 2.45) is 0 Å². The molecule has 1 amide bonds. The van der Waals surface area contributed by atoms with Crippen molar-refractivity contribution in [3.05, 3.63) is 60.3 Å². The van der Waals surface area contributed by atoms with E-state index < -0.39 is 0 Å². The molecule has 0 radical (unpaired) electrons. The minimum atomic E-state index is 0.0534. The van der Waals surface area contributed by atoms with Gasteiger partial charge in [-0.3, -0.25) is 9.78 Å². The lowest BCUT2D eigenvalue weighted by atomic mass is 9.94. The number of carbonyl (C=O) groups is 1. The van der Waals surface area contributed by atoms with Crippen molar-refractivity contribution in [1.82, 2.24) is 19.3 Å². The zero-order valence-corrected chi connectivity index (χ0v) is 15.2. The number of nitrogens with zero attached hydrogens (tertiary/aromatic N) is 5. The monoisotopic (exact) mass is 349 g/mol. The first-order valence-corrected chi connectivity index (χ1v) is 8.98. The molecule has 1 fully saturated rings. The van der Waals surface area contributed by atoms with E-state index in [2.05, 4.69) is 27.8 Å². The zero-order valence-electron chi connectivity index (χ0n) is 15.2. The maximum absolute atomic E-state index is 12.8. The maximum Gasteiger partial charge on any atom is 0.255 e. The van der Waals surface area contributed by atoms with Crippen LogP contribution < -0.4 is 4.90 Å². The molecule has 3 aromatic heterocycles. The largest absolute Gasteiger partial charge is 0.361 e. The number of rotatable bonds is 3. The van der Waals surface area contributed by atoms with Crippen LogP contribution in [0.15, 0.2) is 49.1 Å². The predicted octanol–water partition coefficient (Wildman–Crippen LogP) is 2.82. The Morgan fingerprint density at radius 2 is 2.15 bits per heavy atom. The van der Waals surface area contributed by atoms with Gasteiger partial charge in [0.2, 0.25) is 0 Å². The summed E-state index contributed by atoms with van der Waals surface area (Å²) in [6, 6.07) is 7.74. The normalized spacial score (nSPS) is 17.5. The highest BCUT2D eigenvalue weighted by atomic mass is 16.2. The average Bonchev–Trinajstić information content (AvgIpc) is 3.16. The van der Waals surface area contributed by atoms with Gasteiger partial charge < -0.3 is 14.2 Å². The second-order valence-electron chi connectivity index (χ2n) is 7.02. The fourth-order valence-electron chi connectivity index (χ4n) is 3.65. The summed E-state index contributed by atoms with van der Waals surface area (Å²) >= 11 is 0. The fourth-order valence-corrected chi connectivity index (χ4v) is 3.65. The molecular weight excluding hydrogens is 326 g/mol. The van der Waals surface area contributed by atoms with Crippen LogP contribution in [0.1, 0.15) is 34.8 Å². The smallest absolute Gasteiger partial charge is 0.255 e. The van der Waals surface area contributed by atoms with Gasteiger partial charge in [-0.25, -0.2) is 4.98 Å². The van der Waals surface area contributed by atoms with E-state index in [9.17, 15) is 4.79 Å². The van der Waals surface area contributed by atoms with Gasteiger partial charge in [0.15, 0.2) is 5.82 Å². The zero-order chi connectivity index (χ0) is 18.1. The van der Waals surface area contributed by atoms with E-state index in [1.54, 1.807) is 18.5 Å². The van der Waals surface area contributed by atoms with Gasteiger partial charge in [-0.1, -0.05) is 0 Å². The van der Waals surface area contributed by atoms with Gasteiger partial charge in [0.1, 0.15) is 0 Å². The van der Waals surface area contributed by atoms with Gasteiger partial charge in [-0.2, -0.15) is 0 Å². The number of pyridine rings is 1. The molecule has 6 heteroatoms. The Morgan fingerprint density at radius 1 is 1.27 bits per heavy atom. The summed E-state index contributed by atoms with van der Waals surface area (Å²) in [5.74, 6) is 1.26. The number of aromatic nitrogens is 3. The molecule has 6 nitrogen and oxygen atoms in total. The molecule has 134 valence electrons. The quantitative estimate of drug-likeness (QED) is 0.730. The summed E-state index contributed by atoms with van der Waals surface area (Å²) in [5, 5.41) is 0. The average molecular weight is 349 g/mol. The molecule has 1 atom stereocenters. The molecule has 0 unspecified atom stereocenters. The Morgan fingerprint density at radius 3 is 2.92 bits per heavy atom. The third kappa shape index (κ3) is 3.03. The van der Waals surface area contributed by atoms with Crippen molar-refractivity contribution in [1.29, 1.82) is 0 Å². The molecule has 4 rings (SSSR count). The Labute approximate surface area is 153 Å². The van der Waals surface area contributed by atoms with Gasteiger partial charge in [0, 0.05) is 57.9 Å². The first kappa shape index (κ1) is 16.6. The Bertz CT molecular complexity index is 918. The summed E-state index contributed by atoms with van der Waals surface area (Å²) in [6.45, 7) is 1.48. The van der Waals surface area contributed by atoms with Crippen molar-refractivity contribution < 1.29 is 4.79 Å². The first-order valence-electron chi connectivity index (χ1n) is 8.98. The molecular formula is C20H23N5O. The molecule has 0 aromatic carbocycles. The Hall–Kier alpha value is -2.89. The van der Waals surface area contributed by atoms with Crippen LogP contribution in [0.25, 0.3) is 5.52 Å². The van der Waals surface area contributed by atoms with Crippen LogP contribution in [0, 0.1) is 0 Å². The van der Waals surface area contributed by atoms with Crippen LogP contribution in [0.3, 0.4) is 0 Å². The predicted molar refractivity (Wildman–Crippen MR) is 102 cm³/mol. The molecule has 1 aliphatic heterocycles. The number of fused-ring (bicyclic) bond motifs is 1. The van der Waals surface area contributed by atoms with Crippen molar-refractivity contribution >= 4 is 17.2 Å². The van der Waals surface area contributed by atoms with Crippen LogP contribution >= 0.6 is 0 Å². The summed E-state index contributed by atoms with van der Waals surface area (Å²) in [5.41, 5.74) is 2.79. The van der Waals surface area contributed by atoms with Crippen molar-refractivity contribution in [3.8, 4) is 0 Å². The number of carbonyl (C=O) groups excluding carboxylic acids is 1. The Kier molecular flexibility index (Phi) is 4.32. The number of hydrogen-bond acceptors (Lipinski definition) is 4. The minimum absolute atomic E-state index is 0.0534. The van der Waals surface area contributed by atoms with Crippen LogP contribution in [-0.2, 0) is 0 Å². The molecule has 1 saturated heterocycles. The van der Waals surface area contributed by atoms with Crippen molar-refractivity contribution in [2.45, 2.75) is 18.8 Å². The molecule has 0 aliphatic carbocycles. The van der Waals surface area contributed by atoms with E-state index >= 15 is 0 Å².